The average Bonchev–Trinajstić information content (AvgIpc) is 2.44. The van der Waals surface area contributed by atoms with Crippen molar-refractivity contribution in [1.82, 2.24) is 10.2 Å². The van der Waals surface area contributed by atoms with E-state index in [2.05, 4.69) is 59.7 Å². The van der Waals surface area contributed by atoms with E-state index in [1.54, 1.807) is 11.8 Å². The van der Waals surface area contributed by atoms with Crippen molar-refractivity contribution in [3.8, 4) is 0 Å². The van der Waals surface area contributed by atoms with E-state index in [-0.39, 0.29) is 0 Å². The lowest BCUT2D eigenvalue weighted by Crippen LogP contribution is -2.38. The van der Waals surface area contributed by atoms with Crippen molar-refractivity contribution in [2.75, 3.05) is 26.9 Å². The van der Waals surface area contributed by atoms with Crippen molar-refractivity contribution in [3.05, 3.63) is 29.8 Å². The van der Waals surface area contributed by atoms with Gasteiger partial charge in [-0.05, 0) is 30.4 Å². The molecule has 0 aromatic heterocycles. The predicted octanol–water partition coefficient (Wildman–Crippen LogP) is 3.22. The van der Waals surface area contributed by atoms with Gasteiger partial charge in [-0.2, -0.15) is 0 Å². The first-order valence-electron chi connectivity index (χ1n) is 6.76. The topological polar surface area (TPSA) is 27.6 Å². The molecule has 0 atom stereocenters. The van der Waals surface area contributed by atoms with Crippen molar-refractivity contribution in [2.24, 2.45) is 4.99 Å². The molecule has 0 amide bonds. The molecule has 1 aromatic carbocycles. The van der Waals surface area contributed by atoms with E-state index in [1.807, 2.05) is 7.05 Å². The molecule has 0 spiro atoms. The molecule has 19 heavy (non-hydrogen) atoms. The van der Waals surface area contributed by atoms with Crippen molar-refractivity contribution in [3.63, 3.8) is 0 Å². The predicted molar refractivity (Wildman–Crippen MR) is 86.0 cm³/mol. The molecule has 0 heterocycles. The minimum atomic E-state index is 0.875. The lowest BCUT2D eigenvalue weighted by atomic mass is 10.2. The van der Waals surface area contributed by atoms with Gasteiger partial charge < -0.3 is 10.2 Å². The van der Waals surface area contributed by atoms with Crippen LogP contribution in [0.25, 0.3) is 0 Å². The minimum Gasteiger partial charge on any atom is -0.356 e. The van der Waals surface area contributed by atoms with E-state index in [1.165, 1.54) is 23.3 Å². The van der Waals surface area contributed by atoms with E-state index >= 15 is 0 Å². The first-order valence-corrected chi connectivity index (χ1v) is 7.98. The van der Waals surface area contributed by atoms with Crippen molar-refractivity contribution >= 4 is 17.7 Å². The van der Waals surface area contributed by atoms with Crippen molar-refractivity contribution in [2.45, 2.75) is 31.2 Å². The number of unbranched alkanes of at least 4 members (excludes halogenated alkanes) is 1. The highest BCUT2D eigenvalue weighted by Crippen LogP contribution is 2.15. The Balaban J connectivity index is 2.53. The van der Waals surface area contributed by atoms with Crippen LogP contribution in [0.4, 0.5) is 0 Å². The van der Waals surface area contributed by atoms with E-state index in [9.17, 15) is 0 Å². The zero-order chi connectivity index (χ0) is 14.1. The summed E-state index contributed by atoms with van der Waals surface area (Å²) in [5, 5.41) is 3.38. The summed E-state index contributed by atoms with van der Waals surface area (Å²) in [6.45, 7) is 4.06. The van der Waals surface area contributed by atoms with Gasteiger partial charge in [0.2, 0.25) is 0 Å². The Morgan fingerprint density at radius 1 is 1.32 bits per heavy atom. The maximum Gasteiger partial charge on any atom is 0.193 e. The molecule has 0 bridgehead atoms. The van der Waals surface area contributed by atoms with E-state index < -0.39 is 0 Å². The standard InChI is InChI=1S/C15H25N3S/c1-5-6-11-17-15(16-2)18(3)12-13-7-9-14(19-4)10-8-13/h7-10H,5-6,11-12H2,1-4H3,(H,16,17). The Kier molecular flexibility index (Phi) is 7.41. The number of guanidine groups is 1. The zero-order valence-corrected chi connectivity index (χ0v) is 13.3. The van der Waals surface area contributed by atoms with Gasteiger partial charge in [0.1, 0.15) is 0 Å². The molecule has 4 heteroatoms. The molecule has 0 saturated heterocycles. The maximum atomic E-state index is 4.32. The monoisotopic (exact) mass is 279 g/mol. The lowest BCUT2D eigenvalue weighted by Gasteiger charge is -2.22. The van der Waals surface area contributed by atoms with E-state index in [4.69, 9.17) is 0 Å². The van der Waals surface area contributed by atoms with Gasteiger partial charge in [-0.25, -0.2) is 0 Å². The molecule has 0 aliphatic carbocycles. The van der Waals surface area contributed by atoms with E-state index in [0.29, 0.717) is 0 Å². The Bertz CT molecular complexity index is 387. The van der Waals surface area contributed by atoms with Crippen molar-refractivity contribution < 1.29 is 0 Å². The molecule has 0 aliphatic rings. The van der Waals surface area contributed by atoms with Crippen LogP contribution in [-0.2, 0) is 6.54 Å². The van der Waals surface area contributed by atoms with Crippen LogP contribution in [-0.4, -0.2) is 37.8 Å². The second-order valence-electron chi connectivity index (χ2n) is 4.53. The maximum absolute atomic E-state index is 4.32. The van der Waals surface area contributed by atoms with Crippen LogP contribution in [0.2, 0.25) is 0 Å². The number of hydrogen-bond acceptors (Lipinski definition) is 2. The Morgan fingerprint density at radius 2 is 2.00 bits per heavy atom. The summed E-state index contributed by atoms with van der Waals surface area (Å²) in [7, 11) is 3.91. The van der Waals surface area contributed by atoms with Gasteiger partial charge >= 0.3 is 0 Å². The molecular weight excluding hydrogens is 254 g/mol. The molecule has 0 aliphatic heterocycles. The summed E-state index contributed by atoms with van der Waals surface area (Å²) >= 11 is 1.77. The molecule has 1 N–H and O–H groups in total. The third kappa shape index (κ3) is 5.55. The molecule has 0 fully saturated rings. The second-order valence-corrected chi connectivity index (χ2v) is 5.41. The number of aliphatic imine (C=N–C) groups is 1. The summed E-state index contributed by atoms with van der Waals surface area (Å²) in [5.41, 5.74) is 1.30. The number of thioether (sulfide) groups is 1. The van der Waals surface area contributed by atoms with Crippen molar-refractivity contribution in [1.29, 1.82) is 0 Å². The molecule has 1 rings (SSSR count). The summed E-state index contributed by atoms with van der Waals surface area (Å²) in [5.74, 6) is 0.961. The zero-order valence-electron chi connectivity index (χ0n) is 12.4. The fraction of sp³-hybridized carbons (Fsp3) is 0.533. The smallest absolute Gasteiger partial charge is 0.193 e. The van der Waals surface area contributed by atoms with Crippen LogP contribution in [0, 0.1) is 0 Å². The normalized spacial score (nSPS) is 11.5. The molecule has 3 nitrogen and oxygen atoms in total. The second kappa shape index (κ2) is 8.86. The van der Waals surface area contributed by atoms with Crippen LogP contribution in [0.1, 0.15) is 25.3 Å². The minimum absolute atomic E-state index is 0.875. The van der Waals surface area contributed by atoms with Gasteiger partial charge in [0.05, 0.1) is 0 Å². The van der Waals surface area contributed by atoms with Gasteiger partial charge in [0.15, 0.2) is 5.96 Å². The summed E-state index contributed by atoms with van der Waals surface area (Å²) < 4.78 is 0. The molecular formula is C15H25N3S. The average molecular weight is 279 g/mol. The summed E-state index contributed by atoms with van der Waals surface area (Å²) in [6, 6.07) is 8.70. The Morgan fingerprint density at radius 3 is 2.53 bits per heavy atom. The fourth-order valence-electron chi connectivity index (χ4n) is 1.84. The van der Waals surface area contributed by atoms with Gasteiger partial charge in [-0.15, -0.1) is 11.8 Å². The Hall–Kier alpha value is -1.16. The highest BCUT2D eigenvalue weighted by molar-refractivity contribution is 7.98. The van der Waals surface area contributed by atoms with Crippen LogP contribution >= 0.6 is 11.8 Å². The molecule has 0 saturated carbocycles. The number of hydrogen-bond donors (Lipinski definition) is 1. The van der Waals surface area contributed by atoms with E-state index in [0.717, 1.165) is 19.0 Å². The van der Waals surface area contributed by atoms with Gasteiger partial charge in [-0.1, -0.05) is 25.5 Å². The number of nitrogens with one attached hydrogen (secondary N) is 1. The Labute approximate surface area is 121 Å². The number of benzene rings is 1. The third-order valence-corrected chi connectivity index (χ3v) is 3.71. The van der Waals surface area contributed by atoms with Gasteiger partial charge in [0, 0.05) is 32.1 Å². The largest absolute Gasteiger partial charge is 0.356 e. The number of rotatable bonds is 6. The first-order chi connectivity index (χ1) is 9.21. The highest BCUT2D eigenvalue weighted by atomic mass is 32.2. The van der Waals surface area contributed by atoms with Crippen LogP contribution < -0.4 is 5.32 Å². The fourth-order valence-corrected chi connectivity index (χ4v) is 2.25. The molecule has 0 radical (unpaired) electrons. The van der Waals surface area contributed by atoms with Crippen LogP contribution in [0.15, 0.2) is 34.2 Å². The quantitative estimate of drug-likeness (QED) is 0.375. The van der Waals surface area contributed by atoms with Crippen LogP contribution in [0.3, 0.4) is 0 Å². The summed E-state index contributed by atoms with van der Waals surface area (Å²) in [6.07, 6.45) is 4.47. The number of nitrogens with zero attached hydrogens (tertiary/aromatic N) is 2. The van der Waals surface area contributed by atoms with Gasteiger partial charge in [0.25, 0.3) is 0 Å². The molecule has 106 valence electrons. The third-order valence-electron chi connectivity index (χ3n) is 2.97. The lowest BCUT2D eigenvalue weighted by molar-refractivity contribution is 0.475. The first kappa shape index (κ1) is 15.9. The SMILES string of the molecule is CCCCNC(=NC)N(C)Cc1ccc(SC)cc1. The van der Waals surface area contributed by atoms with Crippen LogP contribution in [0.5, 0.6) is 0 Å². The molecule has 0 unspecified atom stereocenters. The summed E-state index contributed by atoms with van der Waals surface area (Å²) in [4.78, 5) is 7.78. The molecule has 1 aromatic rings. The van der Waals surface area contributed by atoms with Gasteiger partial charge in [-0.3, -0.25) is 4.99 Å². The highest BCUT2D eigenvalue weighted by Gasteiger charge is 2.05.